The highest BCUT2D eigenvalue weighted by molar-refractivity contribution is 6.46. The summed E-state index contributed by atoms with van der Waals surface area (Å²) in [6, 6.07) is 8.44. The molecule has 1 fully saturated rings. The van der Waals surface area contributed by atoms with Gasteiger partial charge in [0.25, 0.3) is 11.7 Å². The van der Waals surface area contributed by atoms with Gasteiger partial charge in [-0.1, -0.05) is 17.7 Å². The van der Waals surface area contributed by atoms with Gasteiger partial charge in [0.15, 0.2) is 11.5 Å². The first-order chi connectivity index (χ1) is 16.2. The van der Waals surface area contributed by atoms with Crippen LogP contribution in [0.1, 0.15) is 31.0 Å². The molecule has 0 aromatic heterocycles. The van der Waals surface area contributed by atoms with E-state index < -0.39 is 17.7 Å². The quantitative estimate of drug-likeness (QED) is 0.314. The number of amides is 1. The number of carbonyl (C=O) groups is 2. The number of likely N-dealkylation sites (tertiary alicyclic amines) is 1. The van der Waals surface area contributed by atoms with Crippen LogP contribution in [0.4, 0.5) is 0 Å². The van der Waals surface area contributed by atoms with Crippen molar-refractivity contribution >= 4 is 29.1 Å². The molecule has 1 saturated heterocycles. The monoisotopic (exact) mass is 488 g/mol. The maximum Gasteiger partial charge on any atom is 0.295 e. The van der Waals surface area contributed by atoms with Crippen molar-refractivity contribution in [3.05, 3.63) is 58.1 Å². The van der Waals surface area contributed by atoms with Crippen LogP contribution < -0.4 is 9.47 Å². The van der Waals surface area contributed by atoms with Gasteiger partial charge in [0.2, 0.25) is 0 Å². The molecule has 2 aromatic rings. The van der Waals surface area contributed by atoms with Crippen LogP contribution in [0.15, 0.2) is 42.0 Å². The number of Topliss-reactive ketones (excluding diaryl/α,β-unsaturated/α-hetero) is 1. The largest absolute Gasteiger partial charge is 0.507 e. The van der Waals surface area contributed by atoms with Gasteiger partial charge in [-0.05, 0) is 63.8 Å². The summed E-state index contributed by atoms with van der Waals surface area (Å²) >= 11 is 6.29. The third-order valence-corrected chi connectivity index (χ3v) is 5.73. The van der Waals surface area contributed by atoms with E-state index in [9.17, 15) is 19.8 Å². The number of rotatable bonds is 9. The van der Waals surface area contributed by atoms with Crippen molar-refractivity contribution in [3.63, 3.8) is 0 Å². The van der Waals surface area contributed by atoms with Crippen molar-refractivity contribution in [3.8, 4) is 17.2 Å². The molecule has 34 heavy (non-hydrogen) atoms. The molecule has 1 aliphatic rings. The molecule has 3 rings (SSSR count). The standard InChI is InChI=1S/C25H29ClN2O6/c1-5-33-19-10-8-16(13-17(19)26)23(30)21-22(15-7-9-18(29)20(14-15)34-6-2)28(12-11-27(3)4)25(32)24(21)31/h7-10,13-14,22,29-30H,5-6,11-12H2,1-4H3/b23-21+. The number of hydrogen-bond donors (Lipinski definition) is 2. The topological polar surface area (TPSA) is 99.5 Å². The Bertz CT molecular complexity index is 1110. The summed E-state index contributed by atoms with van der Waals surface area (Å²) in [7, 11) is 3.72. The number of nitrogens with zero attached hydrogens (tertiary/aromatic N) is 2. The summed E-state index contributed by atoms with van der Waals surface area (Å²) < 4.78 is 10.9. The molecule has 9 heteroatoms. The predicted octanol–water partition coefficient (Wildman–Crippen LogP) is 3.83. The highest BCUT2D eigenvalue weighted by Gasteiger charge is 2.46. The van der Waals surface area contributed by atoms with Crippen LogP contribution in [0.5, 0.6) is 17.2 Å². The maximum absolute atomic E-state index is 13.1. The Morgan fingerprint density at radius 2 is 1.74 bits per heavy atom. The number of phenols is 1. The number of hydrogen-bond acceptors (Lipinski definition) is 7. The van der Waals surface area contributed by atoms with Crippen LogP contribution in [0.25, 0.3) is 5.76 Å². The fourth-order valence-electron chi connectivity index (χ4n) is 3.81. The van der Waals surface area contributed by atoms with Crippen LogP contribution >= 0.6 is 11.6 Å². The van der Waals surface area contributed by atoms with Crippen molar-refractivity contribution in [1.29, 1.82) is 0 Å². The normalized spacial score (nSPS) is 17.5. The summed E-state index contributed by atoms with van der Waals surface area (Å²) in [4.78, 5) is 29.5. The average molecular weight is 489 g/mol. The lowest BCUT2D eigenvalue weighted by atomic mass is 9.95. The van der Waals surface area contributed by atoms with Gasteiger partial charge < -0.3 is 29.5 Å². The fourth-order valence-corrected chi connectivity index (χ4v) is 4.05. The van der Waals surface area contributed by atoms with Crippen molar-refractivity contribution in [2.24, 2.45) is 0 Å². The molecule has 8 nitrogen and oxygen atoms in total. The van der Waals surface area contributed by atoms with E-state index in [1.54, 1.807) is 31.2 Å². The molecule has 2 N–H and O–H groups in total. The Balaban J connectivity index is 2.16. The average Bonchev–Trinajstić information content (AvgIpc) is 3.05. The Morgan fingerprint density at radius 3 is 2.35 bits per heavy atom. The van der Waals surface area contributed by atoms with E-state index >= 15 is 0 Å². The molecule has 182 valence electrons. The van der Waals surface area contributed by atoms with Crippen LogP contribution in [0.2, 0.25) is 5.02 Å². The minimum absolute atomic E-state index is 0.0582. The van der Waals surface area contributed by atoms with Gasteiger partial charge in [-0.2, -0.15) is 0 Å². The lowest BCUT2D eigenvalue weighted by molar-refractivity contribution is -0.140. The molecule has 0 aliphatic carbocycles. The van der Waals surface area contributed by atoms with Gasteiger partial charge in [-0.25, -0.2) is 0 Å². The fraction of sp³-hybridized carbons (Fsp3) is 0.360. The first kappa shape index (κ1) is 25.4. The summed E-state index contributed by atoms with van der Waals surface area (Å²) in [5, 5.41) is 21.6. The summed E-state index contributed by atoms with van der Waals surface area (Å²) in [6.45, 7) is 5.12. The molecular weight excluding hydrogens is 460 g/mol. The van der Waals surface area contributed by atoms with Crippen molar-refractivity contribution in [1.82, 2.24) is 9.80 Å². The van der Waals surface area contributed by atoms with Gasteiger partial charge in [-0.15, -0.1) is 0 Å². The van der Waals surface area contributed by atoms with Gasteiger partial charge in [-0.3, -0.25) is 9.59 Å². The number of aliphatic hydroxyl groups excluding tert-OH is 1. The molecule has 1 atom stereocenters. The number of halogens is 1. The summed E-state index contributed by atoms with van der Waals surface area (Å²) in [5.41, 5.74) is 0.753. The molecule has 0 spiro atoms. The lowest BCUT2D eigenvalue weighted by Gasteiger charge is -2.27. The number of likely N-dealkylation sites (N-methyl/N-ethyl adjacent to an activating group) is 1. The first-order valence-corrected chi connectivity index (χ1v) is 11.4. The Morgan fingerprint density at radius 1 is 1.06 bits per heavy atom. The number of aliphatic hydroxyl groups is 1. The Hall–Kier alpha value is -3.23. The highest BCUT2D eigenvalue weighted by atomic mass is 35.5. The first-order valence-electron chi connectivity index (χ1n) is 11.0. The van der Waals surface area contributed by atoms with E-state index in [0.29, 0.717) is 31.1 Å². The van der Waals surface area contributed by atoms with E-state index in [1.165, 1.54) is 17.0 Å². The van der Waals surface area contributed by atoms with Crippen molar-refractivity contribution in [2.45, 2.75) is 19.9 Å². The maximum atomic E-state index is 13.1. The summed E-state index contributed by atoms with van der Waals surface area (Å²) in [6.07, 6.45) is 0. The van der Waals surface area contributed by atoms with Crippen LogP contribution in [-0.2, 0) is 9.59 Å². The number of carbonyl (C=O) groups excluding carboxylic acids is 2. The van der Waals surface area contributed by atoms with Crippen LogP contribution in [-0.4, -0.2) is 72.1 Å². The third kappa shape index (κ3) is 5.13. The summed E-state index contributed by atoms with van der Waals surface area (Å²) in [5.74, 6) is -1.24. The van der Waals surface area contributed by atoms with Gasteiger partial charge >= 0.3 is 0 Å². The Kier molecular flexibility index (Phi) is 8.06. The van der Waals surface area contributed by atoms with E-state index in [-0.39, 0.29) is 40.0 Å². The van der Waals surface area contributed by atoms with E-state index in [4.69, 9.17) is 21.1 Å². The van der Waals surface area contributed by atoms with Gasteiger partial charge in [0.05, 0.1) is 29.9 Å². The smallest absolute Gasteiger partial charge is 0.295 e. The van der Waals surface area contributed by atoms with E-state index in [2.05, 4.69) is 0 Å². The zero-order valence-corrected chi connectivity index (χ0v) is 20.4. The zero-order chi connectivity index (χ0) is 25.0. The number of ketones is 1. The molecule has 0 saturated carbocycles. The minimum Gasteiger partial charge on any atom is -0.507 e. The second-order valence-electron chi connectivity index (χ2n) is 8.03. The van der Waals surface area contributed by atoms with Gasteiger partial charge in [0.1, 0.15) is 11.5 Å². The Labute approximate surface area is 203 Å². The second kappa shape index (κ2) is 10.8. The second-order valence-corrected chi connectivity index (χ2v) is 8.44. The van der Waals surface area contributed by atoms with Gasteiger partial charge in [0, 0.05) is 18.7 Å². The number of phenolic OH excluding ortho intramolecular Hbond substituents is 1. The van der Waals surface area contributed by atoms with E-state index in [0.717, 1.165) is 0 Å². The SMILES string of the molecule is CCOc1cc(C2/C(=C(\O)c3ccc(OCC)c(Cl)c3)C(=O)C(=O)N2CCN(C)C)ccc1O. The molecule has 1 unspecified atom stereocenters. The molecule has 0 bridgehead atoms. The zero-order valence-electron chi connectivity index (χ0n) is 19.7. The van der Waals surface area contributed by atoms with Crippen LogP contribution in [0.3, 0.4) is 0 Å². The molecule has 1 aliphatic heterocycles. The van der Waals surface area contributed by atoms with Crippen molar-refractivity contribution < 1.29 is 29.3 Å². The number of ether oxygens (including phenoxy) is 2. The number of aromatic hydroxyl groups is 1. The molecule has 2 aromatic carbocycles. The predicted molar refractivity (Wildman–Crippen MR) is 129 cm³/mol. The third-order valence-electron chi connectivity index (χ3n) is 5.43. The molecule has 1 amide bonds. The highest BCUT2D eigenvalue weighted by Crippen LogP contribution is 2.42. The van der Waals surface area contributed by atoms with E-state index in [1.807, 2.05) is 25.9 Å². The molecule has 1 heterocycles. The molecule has 0 radical (unpaired) electrons. The molecular formula is C25H29ClN2O6. The lowest BCUT2D eigenvalue weighted by Crippen LogP contribution is -2.35. The number of benzene rings is 2. The minimum atomic E-state index is -0.870. The van der Waals surface area contributed by atoms with Crippen molar-refractivity contribution in [2.75, 3.05) is 40.4 Å². The van der Waals surface area contributed by atoms with Crippen LogP contribution in [0, 0.1) is 0 Å².